The summed E-state index contributed by atoms with van der Waals surface area (Å²) in [6.45, 7) is 11.3. The highest BCUT2D eigenvalue weighted by atomic mass is 16.4. The van der Waals surface area contributed by atoms with Crippen molar-refractivity contribution in [3.8, 4) is 0 Å². The van der Waals surface area contributed by atoms with Gasteiger partial charge in [0.1, 0.15) is 5.78 Å². The lowest BCUT2D eigenvalue weighted by molar-refractivity contribution is -0.140. The summed E-state index contributed by atoms with van der Waals surface area (Å²) in [6.07, 6.45) is 1.66. The molecule has 0 rings (SSSR count). The molecule has 2 amide bonds. The second-order valence-corrected chi connectivity index (χ2v) is 4.73. The standard InChI is InChI=1S/C13H22N2O5.2C2H6/c1-9(7-12(18)19)13(20)15-8-11(17)14-6-4-3-5-10(2)16;2*1-2/h9H,3-8H2,1-2H3,(H,14,17)(H,15,20)(H,18,19);2*1-2H3. The Bertz CT molecular complexity index is 370. The first kappa shape index (κ1) is 27.0. The number of carboxylic acids is 1. The predicted molar refractivity (Wildman–Crippen MR) is 94.7 cm³/mol. The molecule has 0 heterocycles. The Balaban J connectivity index is -0.00000102. The number of carbonyl (C=O) groups is 4. The maximum Gasteiger partial charge on any atom is 0.304 e. The van der Waals surface area contributed by atoms with E-state index < -0.39 is 17.8 Å². The summed E-state index contributed by atoms with van der Waals surface area (Å²) < 4.78 is 0. The molecule has 0 radical (unpaired) electrons. The molecule has 0 saturated heterocycles. The molecule has 0 aliphatic heterocycles. The summed E-state index contributed by atoms with van der Waals surface area (Å²) in [5.74, 6) is -2.39. The minimum Gasteiger partial charge on any atom is -0.481 e. The minimum atomic E-state index is -1.05. The fourth-order valence-corrected chi connectivity index (χ4v) is 1.49. The van der Waals surface area contributed by atoms with E-state index in [1.165, 1.54) is 13.8 Å². The lowest BCUT2D eigenvalue weighted by Gasteiger charge is -2.10. The molecule has 0 spiro atoms. The van der Waals surface area contributed by atoms with Crippen molar-refractivity contribution in [3.63, 3.8) is 0 Å². The molecule has 1 unspecified atom stereocenters. The molecule has 0 aliphatic rings. The van der Waals surface area contributed by atoms with E-state index in [1.807, 2.05) is 27.7 Å². The molecule has 0 aromatic rings. The van der Waals surface area contributed by atoms with Gasteiger partial charge in [-0.2, -0.15) is 0 Å². The number of carbonyl (C=O) groups excluding carboxylic acids is 3. The number of nitrogens with one attached hydrogen (secondary N) is 2. The maximum atomic E-state index is 11.4. The number of rotatable bonds is 10. The number of Topliss-reactive ketones (excluding diaryl/α,β-unsaturated/α-hetero) is 1. The Hall–Kier alpha value is -1.92. The van der Waals surface area contributed by atoms with Gasteiger partial charge >= 0.3 is 5.97 Å². The molecular weight excluding hydrogens is 312 g/mol. The zero-order chi connectivity index (χ0) is 19.5. The van der Waals surface area contributed by atoms with Crippen molar-refractivity contribution in [1.29, 1.82) is 0 Å². The molecule has 0 aromatic carbocycles. The summed E-state index contributed by atoms with van der Waals surface area (Å²) in [7, 11) is 0. The average Bonchev–Trinajstić information content (AvgIpc) is 2.55. The van der Waals surface area contributed by atoms with Crippen LogP contribution in [0.25, 0.3) is 0 Å². The van der Waals surface area contributed by atoms with E-state index in [9.17, 15) is 19.2 Å². The first-order valence-corrected chi connectivity index (χ1v) is 8.58. The molecule has 0 saturated carbocycles. The summed E-state index contributed by atoms with van der Waals surface area (Å²) in [4.78, 5) is 43.9. The summed E-state index contributed by atoms with van der Waals surface area (Å²) in [6, 6.07) is 0. The Kier molecular flexibility index (Phi) is 21.5. The zero-order valence-electron chi connectivity index (χ0n) is 15.9. The number of hydrogen-bond donors (Lipinski definition) is 3. The zero-order valence-corrected chi connectivity index (χ0v) is 15.9. The van der Waals surface area contributed by atoms with E-state index >= 15 is 0 Å². The first-order chi connectivity index (χ1) is 11.3. The minimum absolute atomic E-state index is 0.121. The highest BCUT2D eigenvalue weighted by Gasteiger charge is 2.16. The van der Waals surface area contributed by atoms with Crippen LogP contribution in [0.2, 0.25) is 0 Å². The SMILES string of the molecule is CC.CC.CC(=O)CCCCNC(=O)CNC(=O)C(C)CC(=O)O. The van der Waals surface area contributed by atoms with Gasteiger partial charge in [-0.15, -0.1) is 0 Å². The van der Waals surface area contributed by atoms with Crippen LogP contribution >= 0.6 is 0 Å². The third-order valence-corrected chi connectivity index (χ3v) is 2.63. The lowest BCUT2D eigenvalue weighted by atomic mass is 10.1. The van der Waals surface area contributed by atoms with Crippen molar-refractivity contribution >= 4 is 23.6 Å². The Morgan fingerprint density at radius 2 is 1.50 bits per heavy atom. The van der Waals surface area contributed by atoms with Crippen LogP contribution in [0.4, 0.5) is 0 Å². The van der Waals surface area contributed by atoms with E-state index in [-0.39, 0.29) is 24.7 Å². The van der Waals surface area contributed by atoms with Gasteiger partial charge in [0.15, 0.2) is 0 Å². The molecule has 3 N–H and O–H groups in total. The van der Waals surface area contributed by atoms with Crippen molar-refractivity contribution in [3.05, 3.63) is 0 Å². The van der Waals surface area contributed by atoms with E-state index in [2.05, 4.69) is 10.6 Å². The van der Waals surface area contributed by atoms with Crippen molar-refractivity contribution in [2.75, 3.05) is 13.1 Å². The van der Waals surface area contributed by atoms with Crippen LogP contribution in [-0.4, -0.2) is 41.8 Å². The number of amides is 2. The van der Waals surface area contributed by atoms with Crippen LogP contribution in [0.1, 0.15) is 67.2 Å². The van der Waals surface area contributed by atoms with Crippen LogP contribution in [-0.2, 0) is 19.2 Å². The monoisotopic (exact) mass is 346 g/mol. The molecule has 142 valence electrons. The van der Waals surface area contributed by atoms with Crippen molar-refractivity contribution < 1.29 is 24.3 Å². The molecule has 0 aromatic heterocycles. The highest BCUT2D eigenvalue weighted by Crippen LogP contribution is 2.00. The number of carboxylic acid groups (broad SMARTS) is 1. The number of ketones is 1. The summed E-state index contributed by atoms with van der Waals surface area (Å²) in [5.41, 5.74) is 0. The van der Waals surface area contributed by atoms with Crippen LogP contribution in [0.15, 0.2) is 0 Å². The molecule has 1 atom stereocenters. The fraction of sp³-hybridized carbons (Fsp3) is 0.765. The van der Waals surface area contributed by atoms with Crippen molar-refractivity contribution in [2.45, 2.75) is 67.2 Å². The van der Waals surface area contributed by atoms with E-state index in [4.69, 9.17) is 5.11 Å². The number of unbranched alkanes of at least 4 members (excludes halogenated alkanes) is 1. The van der Waals surface area contributed by atoms with Gasteiger partial charge in [0.25, 0.3) is 0 Å². The smallest absolute Gasteiger partial charge is 0.304 e. The Morgan fingerprint density at radius 3 is 1.96 bits per heavy atom. The Morgan fingerprint density at radius 1 is 0.958 bits per heavy atom. The second-order valence-electron chi connectivity index (χ2n) is 4.73. The van der Waals surface area contributed by atoms with Crippen molar-refractivity contribution in [1.82, 2.24) is 10.6 Å². The number of aliphatic carboxylic acids is 1. The van der Waals surface area contributed by atoms with Gasteiger partial charge in [0, 0.05) is 18.9 Å². The third-order valence-electron chi connectivity index (χ3n) is 2.63. The van der Waals surface area contributed by atoms with Gasteiger partial charge in [-0.05, 0) is 19.8 Å². The van der Waals surface area contributed by atoms with Crippen LogP contribution in [0.5, 0.6) is 0 Å². The van der Waals surface area contributed by atoms with Crippen LogP contribution in [0.3, 0.4) is 0 Å². The fourth-order valence-electron chi connectivity index (χ4n) is 1.49. The summed E-state index contributed by atoms with van der Waals surface area (Å²) >= 11 is 0. The highest BCUT2D eigenvalue weighted by molar-refractivity contribution is 5.87. The molecule has 7 nitrogen and oxygen atoms in total. The van der Waals surface area contributed by atoms with Crippen molar-refractivity contribution in [2.24, 2.45) is 5.92 Å². The van der Waals surface area contributed by atoms with E-state index in [1.54, 1.807) is 0 Å². The topological polar surface area (TPSA) is 113 Å². The third kappa shape index (κ3) is 20.1. The van der Waals surface area contributed by atoms with Gasteiger partial charge in [0.2, 0.25) is 11.8 Å². The van der Waals surface area contributed by atoms with Gasteiger partial charge in [-0.1, -0.05) is 34.6 Å². The van der Waals surface area contributed by atoms with E-state index in [0.717, 1.165) is 6.42 Å². The van der Waals surface area contributed by atoms with Gasteiger partial charge in [0.05, 0.1) is 13.0 Å². The molecule has 0 bridgehead atoms. The molecule has 7 heteroatoms. The maximum absolute atomic E-state index is 11.4. The summed E-state index contributed by atoms with van der Waals surface area (Å²) in [5, 5.41) is 13.5. The normalized spacial score (nSPS) is 10.1. The number of hydrogen-bond acceptors (Lipinski definition) is 4. The Labute approximate surface area is 145 Å². The van der Waals surface area contributed by atoms with Gasteiger partial charge < -0.3 is 20.5 Å². The second kappa shape index (κ2) is 19.1. The van der Waals surface area contributed by atoms with Gasteiger partial charge in [-0.25, -0.2) is 0 Å². The molecule has 0 aliphatic carbocycles. The molecule has 24 heavy (non-hydrogen) atoms. The lowest BCUT2D eigenvalue weighted by Crippen LogP contribution is -2.39. The molecular formula is C17H34N2O5. The first-order valence-electron chi connectivity index (χ1n) is 8.58. The molecule has 0 fully saturated rings. The van der Waals surface area contributed by atoms with Crippen LogP contribution in [0, 0.1) is 5.92 Å². The quantitative estimate of drug-likeness (QED) is 0.525. The largest absolute Gasteiger partial charge is 0.481 e. The average molecular weight is 346 g/mol. The van der Waals surface area contributed by atoms with E-state index in [0.29, 0.717) is 19.4 Å². The van der Waals surface area contributed by atoms with Crippen LogP contribution < -0.4 is 10.6 Å². The van der Waals surface area contributed by atoms with Gasteiger partial charge in [-0.3, -0.25) is 14.4 Å². The predicted octanol–water partition coefficient (Wildman–Crippen LogP) is 2.14.